The lowest BCUT2D eigenvalue weighted by Crippen LogP contribution is -2.04. The molecule has 0 spiro atoms. The van der Waals surface area contributed by atoms with Gasteiger partial charge in [0.05, 0.1) is 11.7 Å². The SMILES string of the molecule is CC(=CC(C)O)c1cccc(OCc2nc(-c3ccc(C(F)(F)F)cc3)oc2C)c1. The second-order valence-corrected chi connectivity index (χ2v) is 7.00. The number of alkyl halides is 3. The number of ether oxygens (including phenoxy) is 1. The Balaban J connectivity index is 1.73. The van der Waals surface area contributed by atoms with Gasteiger partial charge in [-0.25, -0.2) is 4.98 Å². The summed E-state index contributed by atoms with van der Waals surface area (Å²) in [4.78, 5) is 4.37. The predicted molar refractivity (Wildman–Crippen MR) is 108 cm³/mol. The van der Waals surface area contributed by atoms with Crippen molar-refractivity contribution < 1.29 is 27.4 Å². The number of aliphatic hydroxyl groups excluding tert-OH is 1. The van der Waals surface area contributed by atoms with Crippen molar-refractivity contribution in [2.45, 2.75) is 39.7 Å². The summed E-state index contributed by atoms with van der Waals surface area (Å²) in [5, 5.41) is 9.51. The van der Waals surface area contributed by atoms with Crippen LogP contribution in [0.3, 0.4) is 0 Å². The van der Waals surface area contributed by atoms with E-state index >= 15 is 0 Å². The molecular formula is C23H22F3NO3. The van der Waals surface area contributed by atoms with E-state index < -0.39 is 17.8 Å². The van der Waals surface area contributed by atoms with Crippen molar-refractivity contribution in [3.05, 3.63) is 77.2 Å². The molecule has 0 aliphatic rings. The van der Waals surface area contributed by atoms with Gasteiger partial charge < -0.3 is 14.3 Å². The van der Waals surface area contributed by atoms with Crippen LogP contribution in [0.25, 0.3) is 17.0 Å². The van der Waals surface area contributed by atoms with Crippen LogP contribution in [0.15, 0.2) is 59.0 Å². The molecule has 158 valence electrons. The first kappa shape index (κ1) is 21.6. The average molecular weight is 417 g/mol. The molecule has 0 fully saturated rings. The highest BCUT2D eigenvalue weighted by molar-refractivity contribution is 5.65. The van der Waals surface area contributed by atoms with E-state index in [1.54, 1.807) is 19.9 Å². The Morgan fingerprint density at radius 1 is 1.20 bits per heavy atom. The van der Waals surface area contributed by atoms with E-state index in [-0.39, 0.29) is 12.5 Å². The van der Waals surface area contributed by atoms with E-state index in [1.165, 1.54) is 12.1 Å². The molecule has 2 aromatic carbocycles. The van der Waals surface area contributed by atoms with Gasteiger partial charge in [0.1, 0.15) is 23.8 Å². The fourth-order valence-corrected chi connectivity index (χ4v) is 2.93. The van der Waals surface area contributed by atoms with Gasteiger partial charge in [0.15, 0.2) is 0 Å². The van der Waals surface area contributed by atoms with Gasteiger partial charge in [-0.2, -0.15) is 13.2 Å². The summed E-state index contributed by atoms with van der Waals surface area (Å²) in [7, 11) is 0. The molecule has 1 heterocycles. The van der Waals surface area contributed by atoms with E-state index in [0.717, 1.165) is 23.3 Å². The summed E-state index contributed by atoms with van der Waals surface area (Å²) in [5.41, 5.74) is 2.15. The summed E-state index contributed by atoms with van der Waals surface area (Å²) in [6.45, 7) is 5.47. The van der Waals surface area contributed by atoms with Crippen molar-refractivity contribution in [1.82, 2.24) is 4.98 Å². The van der Waals surface area contributed by atoms with Crippen LogP contribution in [-0.2, 0) is 12.8 Å². The van der Waals surface area contributed by atoms with E-state index in [9.17, 15) is 18.3 Å². The van der Waals surface area contributed by atoms with Crippen LogP contribution in [-0.4, -0.2) is 16.2 Å². The Bertz CT molecular complexity index is 1030. The lowest BCUT2D eigenvalue weighted by atomic mass is 10.1. The first-order valence-electron chi connectivity index (χ1n) is 9.37. The zero-order chi connectivity index (χ0) is 21.9. The number of rotatable bonds is 6. The van der Waals surface area contributed by atoms with Crippen LogP contribution in [0.2, 0.25) is 0 Å². The average Bonchev–Trinajstić information content (AvgIpc) is 3.06. The maximum Gasteiger partial charge on any atom is 0.416 e. The van der Waals surface area contributed by atoms with E-state index in [1.807, 2.05) is 31.2 Å². The number of oxazole rings is 1. The third-order valence-electron chi connectivity index (χ3n) is 4.51. The van der Waals surface area contributed by atoms with Crippen molar-refractivity contribution in [2.24, 2.45) is 0 Å². The Kier molecular flexibility index (Phi) is 6.31. The van der Waals surface area contributed by atoms with Crippen LogP contribution >= 0.6 is 0 Å². The molecule has 0 aliphatic carbocycles. The third kappa shape index (κ3) is 5.30. The second-order valence-electron chi connectivity index (χ2n) is 7.00. The summed E-state index contributed by atoms with van der Waals surface area (Å²) in [6.07, 6.45) is -3.19. The summed E-state index contributed by atoms with van der Waals surface area (Å²) in [5.74, 6) is 1.40. The monoisotopic (exact) mass is 417 g/mol. The Morgan fingerprint density at radius 3 is 2.53 bits per heavy atom. The normalized spacial score (nSPS) is 13.4. The topological polar surface area (TPSA) is 55.5 Å². The number of allylic oxidation sites excluding steroid dienone is 1. The molecule has 1 atom stereocenters. The standard InChI is InChI=1S/C23H22F3NO3/c1-14(11-15(2)28)18-5-4-6-20(12-18)29-13-21-16(3)30-22(27-21)17-7-9-19(10-8-17)23(24,25)26/h4-12,15,28H,13H2,1-3H3. The highest BCUT2D eigenvalue weighted by Crippen LogP contribution is 2.31. The second kappa shape index (κ2) is 8.75. The molecule has 0 radical (unpaired) electrons. The van der Waals surface area contributed by atoms with Crippen LogP contribution in [0.4, 0.5) is 13.2 Å². The number of aryl methyl sites for hydroxylation is 1. The van der Waals surface area contributed by atoms with Crippen LogP contribution in [0, 0.1) is 6.92 Å². The largest absolute Gasteiger partial charge is 0.487 e. The maximum absolute atomic E-state index is 12.7. The molecule has 0 saturated carbocycles. The van der Waals surface area contributed by atoms with Crippen molar-refractivity contribution in [3.8, 4) is 17.2 Å². The number of aromatic nitrogens is 1. The fraction of sp³-hybridized carbons (Fsp3) is 0.261. The summed E-state index contributed by atoms with van der Waals surface area (Å²) in [6, 6.07) is 12.1. The van der Waals surface area contributed by atoms with Crippen LogP contribution < -0.4 is 4.74 Å². The maximum atomic E-state index is 12.7. The lowest BCUT2D eigenvalue weighted by molar-refractivity contribution is -0.137. The zero-order valence-corrected chi connectivity index (χ0v) is 16.8. The number of aliphatic hydroxyl groups is 1. The third-order valence-corrected chi connectivity index (χ3v) is 4.51. The highest BCUT2D eigenvalue weighted by atomic mass is 19.4. The first-order chi connectivity index (χ1) is 14.1. The van der Waals surface area contributed by atoms with E-state index in [2.05, 4.69) is 4.98 Å². The van der Waals surface area contributed by atoms with Gasteiger partial charge in [0.2, 0.25) is 5.89 Å². The molecule has 1 N–H and O–H groups in total. The molecule has 1 aromatic heterocycles. The molecule has 0 bridgehead atoms. The number of hydrogen-bond donors (Lipinski definition) is 1. The van der Waals surface area contributed by atoms with Crippen LogP contribution in [0.5, 0.6) is 5.75 Å². The van der Waals surface area contributed by atoms with Gasteiger partial charge in [-0.05, 0) is 68.3 Å². The minimum Gasteiger partial charge on any atom is -0.487 e. The molecule has 4 nitrogen and oxygen atoms in total. The number of benzene rings is 2. The minimum absolute atomic E-state index is 0.151. The van der Waals surface area contributed by atoms with Gasteiger partial charge in [0, 0.05) is 5.56 Å². The van der Waals surface area contributed by atoms with Crippen molar-refractivity contribution in [2.75, 3.05) is 0 Å². The molecule has 0 aliphatic heterocycles. The predicted octanol–water partition coefficient (Wildman–Crippen LogP) is 6.03. The van der Waals surface area contributed by atoms with Gasteiger partial charge >= 0.3 is 6.18 Å². The van der Waals surface area contributed by atoms with Crippen molar-refractivity contribution >= 4 is 5.57 Å². The number of hydrogen-bond acceptors (Lipinski definition) is 4. The van der Waals surface area contributed by atoms with Gasteiger partial charge in [-0.15, -0.1) is 0 Å². The van der Waals surface area contributed by atoms with Gasteiger partial charge in [-0.3, -0.25) is 0 Å². The minimum atomic E-state index is -4.39. The molecule has 7 heteroatoms. The Morgan fingerprint density at radius 2 is 1.90 bits per heavy atom. The molecule has 3 aromatic rings. The molecule has 0 saturated heterocycles. The lowest BCUT2D eigenvalue weighted by Gasteiger charge is -2.08. The fourth-order valence-electron chi connectivity index (χ4n) is 2.93. The summed E-state index contributed by atoms with van der Waals surface area (Å²) >= 11 is 0. The van der Waals surface area contributed by atoms with Crippen LogP contribution in [0.1, 0.15) is 36.4 Å². The van der Waals surface area contributed by atoms with Crippen molar-refractivity contribution in [1.29, 1.82) is 0 Å². The zero-order valence-electron chi connectivity index (χ0n) is 16.8. The molecular weight excluding hydrogens is 395 g/mol. The number of nitrogens with zero attached hydrogens (tertiary/aromatic N) is 1. The van der Waals surface area contributed by atoms with E-state index in [4.69, 9.17) is 9.15 Å². The Hall–Kier alpha value is -3.06. The smallest absolute Gasteiger partial charge is 0.416 e. The summed E-state index contributed by atoms with van der Waals surface area (Å²) < 4.78 is 49.6. The van der Waals surface area contributed by atoms with E-state index in [0.29, 0.717) is 22.8 Å². The first-order valence-corrected chi connectivity index (χ1v) is 9.37. The molecule has 0 amide bonds. The highest BCUT2D eigenvalue weighted by Gasteiger charge is 2.30. The van der Waals surface area contributed by atoms with Crippen molar-refractivity contribution in [3.63, 3.8) is 0 Å². The van der Waals surface area contributed by atoms with Gasteiger partial charge in [0.25, 0.3) is 0 Å². The molecule has 30 heavy (non-hydrogen) atoms. The molecule has 1 unspecified atom stereocenters. The quantitative estimate of drug-likeness (QED) is 0.532. The molecule has 3 rings (SSSR count). The Labute approximate surface area is 172 Å². The number of halogens is 3. The van der Waals surface area contributed by atoms with Gasteiger partial charge in [-0.1, -0.05) is 18.2 Å².